The molecule has 1 N–H and O–H groups in total. The van der Waals surface area contributed by atoms with E-state index in [4.69, 9.17) is 4.18 Å². The van der Waals surface area contributed by atoms with Crippen molar-refractivity contribution in [1.29, 1.82) is 0 Å². The van der Waals surface area contributed by atoms with Gasteiger partial charge in [0.1, 0.15) is 16.3 Å². The Morgan fingerprint density at radius 1 is 1.12 bits per heavy atom. The van der Waals surface area contributed by atoms with E-state index >= 15 is 0 Å². The first-order valence-corrected chi connectivity index (χ1v) is 9.27. The zero-order chi connectivity index (χ0) is 17.3. The molecule has 0 unspecified atom stereocenters. The summed E-state index contributed by atoms with van der Waals surface area (Å²) in [5.41, 5.74) is 2.26. The summed E-state index contributed by atoms with van der Waals surface area (Å²) in [6, 6.07) is 6.43. The van der Waals surface area contributed by atoms with Gasteiger partial charge in [-0.25, -0.2) is 0 Å². The van der Waals surface area contributed by atoms with Crippen molar-refractivity contribution in [1.82, 2.24) is 9.88 Å². The molecule has 2 aromatic rings. The summed E-state index contributed by atoms with van der Waals surface area (Å²) in [5, 5.41) is 0. The highest BCUT2D eigenvalue weighted by Crippen LogP contribution is 2.22. The molecule has 3 rings (SSSR count). The lowest BCUT2D eigenvalue weighted by Crippen LogP contribution is -2.27. The molecule has 0 spiro atoms. The fraction of sp³-hybridized carbons (Fsp3) is 0.353. The number of nitrogens with one attached hydrogen (secondary N) is 1. The predicted molar refractivity (Wildman–Crippen MR) is 89.7 cm³/mol. The topological polar surface area (TPSA) is 79.5 Å². The number of hydrogen-bond acceptors (Lipinski definition) is 4. The minimum atomic E-state index is -3.98. The third-order valence-electron chi connectivity index (χ3n) is 4.25. The predicted octanol–water partition coefficient (Wildman–Crippen LogP) is 2.64. The second-order valence-corrected chi connectivity index (χ2v) is 7.58. The zero-order valence-corrected chi connectivity index (χ0v) is 14.5. The number of carbonyl (C=O) groups is 1. The Kier molecular flexibility index (Phi) is 4.36. The standard InChI is InChI=1S/C17H20N2O4S/c1-12-5-6-14(9-13(12)2)23-24(21,22)15-10-16(18-11-15)17(20)19-7-3-4-8-19/h5-6,9-11,18H,3-4,7-8H2,1-2H3. The van der Waals surface area contributed by atoms with Crippen molar-refractivity contribution in [3.63, 3.8) is 0 Å². The highest BCUT2D eigenvalue weighted by atomic mass is 32.2. The van der Waals surface area contributed by atoms with Gasteiger partial charge in [0.2, 0.25) is 0 Å². The lowest BCUT2D eigenvalue weighted by molar-refractivity contribution is 0.0787. The average Bonchev–Trinajstić information content (AvgIpc) is 3.21. The quantitative estimate of drug-likeness (QED) is 0.862. The summed E-state index contributed by atoms with van der Waals surface area (Å²) in [7, 11) is -3.98. The van der Waals surface area contributed by atoms with Gasteiger partial charge >= 0.3 is 10.1 Å². The van der Waals surface area contributed by atoms with Crippen LogP contribution >= 0.6 is 0 Å². The molecule has 0 bridgehead atoms. The van der Waals surface area contributed by atoms with Crippen molar-refractivity contribution in [2.45, 2.75) is 31.6 Å². The molecule has 6 nitrogen and oxygen atoms in total. The number of hydrogen-bond donors (Lipinski definition) is 1. The first kappa shape index (κ1) is 16.6. The number of H-pyrrole nitrogens is 1. The van der Waals surface area contributed by atoms with E-state index < -0.39 is 10.1 Å². The largest absolute Gasteiger partial charge is 0.379 e. The third-order valence-corrected chi connectivity index (χ3v) is 5.48. The maximum Gasteiger partial charge on any atom is 0.340 e. The zero-order valence-electron chi connectivity index (χ0n) is 13.7. The van der Waals surface area contributed by atoms with E-state index in [1.807, 2.05) is 13.8 Å². The van der Waals surface area contributed by atoms with E-state index in [1.165, 1.54) is 12.3 Å². The van der Waals surface area contributed by atoms with Gasteiger partial charge in [-0.3, -0.25) is 4.79 Å². The fourth-order valence-electron chi connectivity index (χ4n) is 2.67. The Labute approximate surface area is 141 Å². The van der Waals surface area contributed by atoms with Crippen LogP contribution in [0.1, 0.15) is 34.5 Å². The molecule has 0 atom stereocenters. The Morgan fingerprint density at radius 2 is 1.83 bits per heavy atom. The van der Waals surface area contributed by atoms with Crippen LogP contribution in [0.25, 0.3) is 0 Å². The van der Waals surface area contributed by atoms with E-state index in [2.05, 4.69) is 4.98 Å². The van der Waals surface area contributed by atoms with E-state index in [1.54, 1.807) is 23.1 Å². The molecule has 0 radical (unpaired) electrons. The molecule has 1 aromatic heterocycles. The maximum atomic E-state index is 12.4. The highest BCUT2D eigenvalue weighted by Gasteiger charge is 2.24. The minimum absolute atomic E-state index is 0.0525. The first-order valence-electron chi connectivity index (χ1n) is 7.86. The lowest BCUT2D eigenvalue weighted by atomic mass is 10.1. The van der Waals surface area contributed by atoms with Gasteiger partial charge < -0.3 is 14.1 Å². The molecular weight excluding hydrogens is 328 g/mol. The van der Waals surface area contributed by atoms with Crippen LogP contribution in [-0.2, 0) is 10.1 Å². The average molecular weight is 348 g/mol. The number of aryl methyl sites for hydroxylation is 2. The second-order valence-electron chi connectivity index (χ2n) is 6.03. The number of aromatic nitrogens is 1. The van der Waals surface area contributed by atoms with Crippen LogP contribution < -0.4 is 4.18 Å². The summed E-state index contributed by atoms with van der Waals surface area (Å²) in [4.78, 5) is 16.7. The van der Waals surface area contributed by atoms with Crippen LogP contribution in [0.15, 0.2) is 35.4 Å². The minimum Gasteiger partial charge on any atom is -0.379 e. The number of benzene rings is 1. The molecule has 2 heterocycles. The van der Waals surface area contributed by atoms with Crippen LogP contribution in [0.4, 0.5) is 0 Å². The molecule has 1 saturated heterocycles. The molecule has 24 heavy (non-hydrogen) atoms. The van der Waals surface area contributed by atoms with Crippen molar-refractivity contribution >= 4 is 16.0 Å². The molecule has 7 heteroatoms. The van der Waals surface area contributed by atoms with E-state index in [0.717, 1.165) is 24.0 Å². The molecule has 0 saturated carbocycles. The van der Waals surface area contributed by atoms with Crippen molar-refractivity contribution in [3.8, 4) is 5.75 Å². The fourth-order valence-corrected chi connectivity index (χ4v) is 3.59. The van der Waals surface area contributed by atoms with Crippen molar-refractivity contribution in [3.05, 3.63) is 47.3 Å². The number of aromatic amines is 1. The van der Waals surface area contributed by atoms with Gasteiger partial charge in [0.15, 0.2) is 0 Å². The van der Waals surface area contributed by atoms with Gasteiger partial charge in [0.25, 0.3) is 5.91 Å². The normalized spacial score (nSPS) is 14.8. The van der Waals surface area contributed by atoms with Crippen molar-refractivity contribution in [2.75, 3.05) is 13.1 Å². The van der Waals surface area contributed by atoms with Gasteiger partial charge in [-0.05, 0) is 56.0 Å². The molecule has 1 fully saturated rings. The highest BCUT2D eigenvalue weighted by molar-refractivity contribution is 7.87. The molecule has 1 aliphatic rings. The summed E-state index contributed by atoms with van der Waals surface area (Å²) < 4.78 is 29.9. The summed E-state index contributed by atoms with van der Waals surface area (Å²) >= 11 is 0. The monoisotopic (exact) mass is 348 g/mol. The van der Waals surface area contributed by atoms with Gasteiger partial charge in [-0.15, -0.1) is 0 Å². The van der Waals surface area contributed by atoms with E-state index in [0.29, 0.717) is 13.1 Å². The first-order chi connectivity index (χ1) is 11.4. The Hall–Kier alpha value is -2.28. The molecule has 0 aliphatic carbocycles. The smallest absolute Gasteiger partial charge is 0.340 e. The third kappa shape index (κ3) is 3.31. The second kappa shape index (κ2) is 6.32. The van der Waals surface area contributed by atoms with Gasteiger partial charge in [0, 0.05) is 19.3 Å². The van der Waals surface area contributed by atoms with Crippen molar-refractivity contribution < 1.29 is 17.4 Å². The molecule has 1 aromatic carbocycles. The molecule has 128 valence electrons. The van der Waals surface area contributed by atoms with Crippen LogP contribution in [0.5, 0.6) is 5.75 Å². The van der Waals surface area contributed by atoms with E-state index in [9.17, 15) is 13.2 Å². The van der Waals surface area contributed by atoms with E-state index in [-0.39, 0.29) is 22.2 Å². The molecular formula is C17H20N2O4S. The Balaban J connectivity index is 1.79. The number of nitrogens with zero attached hydrogens (tertiary/aromatic N) is 1. The van der Waals surface area contributed by atoms with Crippen molar-refractivity contribution in [2.24, 2.45) is 0 Å². The Morgan fingerprint density at radius 3 is 2.50 bits per heavy atom. The van der Waals surface area contributed by atoms with Gasteiger partial charge in [-0.1, -0.05) is 6.07 Å². The van der Waals surface area contributed by atoms with Crippen LogP contribution in [0.3, 0.4) is 0 Å². The van der Waals surface area contributed by atoms with Gasteiger partial charge in [0.05, 0.1) is 0 Å². The maximum absolute atomic E-state index is 12.4. The number of carbonyl (C=O) groups excluding carboxylic acids is 1. The number of likely N-dealkylation sites (tertiary alicyclic amines) is 1. The summed E-state index contributed by atoms with van der Waals surface area (Å²) in [6.07, 6.45) is 3.25. The van der Waals surface area contributed by atoms with Crippen LogP contribution in [0, 0.1) is 13.8 Å². The number of amides is 1. The van der Waals surface area contributed by atoms with Crippen LogP contribution in [0.2, 0.25) is 0 Å². The lowest BCUT2D eigenvalue weighted by Gasteiger charge is -2.13. The van der Waals surface area contributed by atoms with Gasteiger partial charge in [-0.2, -0.15) is 8.42 Å². The summed E-state index contributed by atoms with van der Waals surface area (Å²) in [6.45, 7) is 5.24. The van der Waals surface area contributed by atoms with Crippen LogP contribution in [-0.4, -0.2) is 37.3 Å². The summed E-state index contributed by atoms with van der Waals surface area (Å²) in [5.74, 6) is 0.0758. The molecule has 1 amide bonds. The molecule has 1 aliphatic heterocycles. The SMILES string of the molecule is Cc1ccc(OS(=O)(=O)c2c[nH]c(C(=O)N3CCCC3)c2)cc1C. The number of rotatable bonds is 4. The Bertz CT molecular complexity index is 864.